The number of fused-ring (bicyclic) bond motifs is 3. The van der Waals surface area contributed by atoms with Gasteiger partial charge in [0.25, 0.3) is 0 Å². The van der Waals surface area contributed by atoms with Gasteiger partial charge in [0, 0.05) is 49.2 Å². The van der Waals surface area contributed by atoms with Crippen LogP contribution in [0.2, 0.25) is 0 Å². The number of piperidine rings is 1. The fourth-order valence-corrected chi connectivity index (χ4v) is 5.97. The fraction of sp³-hybridized carbons (Fsp3) is 0.414. The van der Waals surface area contributed by atoms with E-state index in [4.69, 9.17) is 14.6 Å². The first kappa shape index (κ1) is 23.4. The minimum Gasteiger partial charge on any atom is -0.356 e. The highest BCUT2D eigenvalue weighted by Crippen LogP contribution is 2.43. The summed E-state index contributed by atoms with van der Waals surface area (Å²) < 4.78 is 0. The fourth-order valence-electron chi connectivity index (χ4n) is 5.97. The molecule has 4 heterocycles. The summed E-state index contributed by atoms with van der Waals surface area (Å²) in [6, 6.07) is 14.2. The summed E-state index contributed by atoms with van der Waals surface area (Å²) in [5.74, 6) is 1.21. The molecule has 6 rings (SSSR count). The van der Waals surface area contributed by atoms with E-state index in [0.29, 0.717) is 0 Å². The second-order valence-corrected chi connectivity index (χ2v) is 9.89. The lowest BCUT2D eigenvalue weighted by Crippen LogP contribution is -2.44. The SMILES string of the molecule is Cc1ccc2c(c1)Cc1cc(Cc3cccnc3)nc(N3CCC(N4CCCC4)CC3)c1-2.O=C=O. The number of rotatable bonds is 4. The first-order chi connectivity index (χ1) is 17.2. The Morgan fingerprint density at radius 2 is 1.77 bits per heavy atom. The van der Waals surface area contributed by atoms with Gasteiger partial charge in [0.15, 0.2) is 0 Å². The first-order valence-electron chi connectivity index (χ1n) is 12.7. The van der Waals surface area contributed by atoms with E-state index in [1.807, 2.05) is 18.5 Å². The van der Waals surface area contributed by atoms with E-state index < -0.39 is 0 Å². The zero-order valence-corrected chi connectivity index (χ0v) is 20.4. The van der Waals surface area contributed by atoms with Gasteiger partial charge in [-0.15, -0.1) is 0 Å². The van der Waals surface area contributed by atoms with Crippen LogP contribution in [0.25, 0.3) is 11.1 Å². The van der Waals surface area contributed by atoms with Gasteiger partial charge >= 0.3 is 6.15 Å². The smallest absolute Gasteiger partial charge is 0.356 e. The Morgan fingerprint density at radius 3 is 2.49 bits per heavy atom. The van der Waals surface area contributed by atoms with Gasteiger partial charge in [-0.1, -0.05) is 29.8 Å². The second kappa shape index (κ2) is 10.5. The molecule has 3 aromatic rings. The van der Waals surface area contributed by atoms with Crippen molar-refractivity contribution in [2.24, 2.45) is 0 Å². The van der Waals surface area contributed by atoms with Gasteiger partial charge < -0.3 is 9.80 Å². The molecule has 0 spiro atoms. The highest BCUT2D eigenvalue weighted by molar-refractivity contribution is 5.86. The third-order valence-electron chi connectivity index (χ3n) is 7.58. The van der Waals surface area contributed by atoms with Crippen molar-refractivity contribution in [3.63, 3.8) is 0 Å². The molecule has 6 heteroatoms. The molecule has 1 aromatic carbocycles. The number of benzene rings is 1. The molecular weight excluding hydrogens is 436 g/mol. The molecule has 0 bridgehead atoms. The highest BCUT2D eigenvalue weighted by Gasteiger charge is 2.31. The molecule has 35 heavy (non-hydrogen) atoms. The van der Waals surface area contributed by atoms with Gasteiger partial charge in [0.2, 0.25) is 0 Å². The average Bonchev–Trinajstić information content (AvgIpc) is 3.53. The van der Waals surface area contributed by atoms with Gasteiger partial charge in [-0.25, -0.2) is 4.98 Å². The molecule has 0 N–H and O–H groups in total. The first-order valence-corrected chi connectivity index (χ1v) is 12.7. The van der Waals surface area contributed by atoms with Crippen LogP contribution in [0.3, 0.4) is 0 Å². The number of hydrogen-bond donors (Lipinski definition) is 0. The van der Waals surface area contributed by atoms with Crippen molar-refractivity contribution in [1.29, 1.82) is 0 Å². The molecule has 6 nitrogen and oxygen atoms in total. The van der Waals surface area contributed by atoms with Crippen LogP contribution in [0, 0.1) is 6.92 Å². The van der Waals surface area contributed by atoms with E-state index >= 15 is 0 Å². The van der Waals surface area contributed by atoms with E-state index in [9.17, 15) is 0 Å². The van der Waals surface area contributed by atoms with Crippen LogP contribution in [-0.2, 0) is 22.4 Å². The summed E-state index contributed by atoms with van der Waals surface area (Å²) in [4.78, 5) is 31.2. The average molecular weight is 469 g/mol. The zero-order valence-electron chi connectivity index (χ0n) is 20.4. The van der Waals surface area contributed by atoms with Crippen LogP contribution >= 0.6 is 0 Å². The molecule has 2 aromatic heterocycles. The van der Waals surface area contributed by atoms with Gasteiger partial charge in [-0.05, 0) is 86.5 Å². The topological polar surface area (TPSA) is 66.4 Å². The largest absolute Gasteiger partial charge is 0.373 e. The summed E-state index contributed by atoms with van der Waals surface area (Å²) in [6.45, 7) is 7.01. The Kier molecular flexibility index (Phi) is 7.03. The highest BCUT2D eigenvalue weighted by atomic mass is 16.2. The normalized spacial score (nSPS) is 17.3. The molecule has 2 saturated heterocycles. The molecular formula is C29H32N4O2. The third-order valence-corrected chi connectivity index (χ3v) is 7.58. The second-order valence-electron chi connectivity index (χ2n) is 9.89. The Hall–Kier alpha value is -3.34. The molecule has 0 radical (unpaired) electrons. The molecule has 180 valence electrons. The van der Waals surface area contributed by atoms with Gasteiger partial charge in [0.05, 0.1) is 0 Å². The van der Waals surface area contributed by atoms with Crippen molar-refractivity contribution in [2.45, 2.75) is 51.5 Å². The lowest BCUT2D eigenvalue weighted by molar-refractivity contribution is -0.191. The molecule has 0 saturated carbocycles. The summed E-state index contributed by atoms with van der Waals surface area (Å²) >= 11 is 0. The molecule has 0 atom stereocenters. The number of aromatic nitrogens is 2. The van der Waals surface area contributed by atoms with E-state index in [1.54, 1.807) is 0 Å². The van der Waals surface area contributed by atoms with Crippen LogP contribution in [0.4, 0.5) is 5.82 Å². The summed E-state index contributed by atoms with van der Waals surface area (Å²) in [5, 5.41) is 0. The number of anilines is 1. The van der Waals surface area contributed by atoms with E-state index in [1.165, 1.54) is 78.0 Å². The third kappa shape index (κ3) is 5.04. The Balaban J connectivity index is 0.000000806. The van der Waals surface area contributed by atoms with Crippen molar-refractivity contribution in [2.75, 3.05) is 31.1 Å². The van der Waals surface area contributed by atoms with E-state index in [-0.39, 0.29) is 6.15 Å². The van der Waals surface area contributed by atoms with E-state index in [2.05, 4.69) is 52.0 Å². The van der Waals surface area contributed by atoms with Crippen LogP contribution in [0.15, 0.2) is 48.8 Å². The Morgan fingerprint density at radius 1 is 1.00 bits per heavy atom. The maximum atomic E-state index is 8.12. The van der Waals surface area contributed by atoms with Gasteiger partial charge in [0.1, 0.15) is 5.82 Å². The van der Waals surface area contributed by atoms with Crippen molar-refractivity contribution >= 4 is 12.0 Å². The quantitative estimate of drug-likeness (QED) is 0.442. The molecule has 2 aliphatic heterocycles. The van der Waals surface area contributed by atoms with Crippen molar-refractivity contribution in [3.05, 3.63) is 76.7 Å². The van der Waals surface area contributed by atoms with Gasteiger partial charge in [-0.3, -0.25) is 4.98 Å². The maximum Gasteiger partial charge on any atom is 0.373 e. The minimum atomic E-state index is 0.250. The van der Waals surface area contributed by atoms with Crippen LogP contribution in [0.1, 0.15) is 53.6 Å². The van der Waals surface area contributed by atoms with Crippen molar-refractivity contribution in [3.8, 4) is 11.1 Å². The molecule has 3 aliphatic rings. The molecule has 0 unspecified atom stereocenters. The monoisotopic (exact) mass is 468 g/mol. The van der Waals surface area contributed by atoms with Crippen molar-refractivity contribution in [1.82, 2.24) is 14.9 Å². The number of pyridine rings is 2. The van der Waals surface area contributed by atoms with Crippen LogP contribution in [-0.4, -0.2) is 53.2 Å². The maximum absolute atomic E-state index is 8.12. The Bertz CT molecular complexity index is 1210. The standard InChI is InChI=1S/C28H32N4.CO2/c1-20-6-7-26-22(15-20)17-23-18-24(16-21-5-4-10-29-19-21)30-28(27(23)26)32-13-8-25(9-14-32)31-11-2-3-12-31;2-1-3/h4-7,10,15,18-19,25H,2-3,8-9,11-14,16-17H2,1H3;. The number of aryl methyl sites for hydroxylation is 1. The number of hydrogen-bond acceptors (Lipinski definition) is 6. The molecule has 2 fully saturated rings. The molecule has 0 amide bonds. The van der Waals surface area contributed by atoms with E-state index in [0.717, 1.165) is 37.7 Å². The van der Waals surface area contributed by atoms with Crippen molar-refractivity contribution < 1.29 is 9.59 Å². The molecule has 1 aliphatic carbocycles. The summed E-state index contributed by atoms with van der Waals surface area (Å²) in [6.07, 6.45) is 11.2. The van der Waals surface area contributed by atoms with Crippen LogP contribution < -0.4 is 4.90 Å². The van der Waals surface area contributed by atoms with Crippen LogP contribution in [0.5, 0.6) is 0 Å². The number of carbonyl (C=O) groups excluding carboxylic acids is 2. The minimum absolute atomic E-state index is 0.250. The number of likely N-dealkylation sites (tertiary alicyclic amines) is 1. The predicted molar refractivity (Wildman–Crippen MR) is 135 cm³/mol. The lowest BCUT2D eigenvalue weighted by Gasteiger charge is -2.38. The van der Waals surface area contributed by atoms with Gasteiger partial charge in [-0.2, -0.15) is 9.59 Å². The summed E-state index contributed by atoms with van der Waals surface area (Å²) in [5.41, 5.74) is 9.40. The predicted octanol–water partition coefficient (Wildman–Crippen LogP) is 4.43. The zero-order chi connectivity index (χ0) is 24.2. The number of nitrogens with zero attached hydrogens (tertiary/aromatic N) is 4. The lowest BCUT2D eigenvalue weighted by atomic mass is 10.00. The Labute approximate surface area is 207 Å². The summed E-state index contributed by atoms with van der Waals surface area (Å²) in [7, 11) is 0.